The molecule has 2 nitrogen and oxygen atoms in total. The minimum absolute atomic E-state index is 0.619. The van der Waals surface area contributed by atoms with E-state index in [2.05, 4.69) is 11.9 Å². The highest BCUT2D eigenvalue weighted by molar-refractivity contribution is 5.21. The number of aromatic nitrogens is 1. The van der Waals surface area contributed by atoms with Gasteiger partial charge < -0.3 is 5.11 Å². The van der Waals surface area contributed by atoms with E-state index in [4.69, 9.17) is 0 Å². The summed E-state index contributed by atoms with van der Waals surface area (Å²) in [5, 5.41) is 10.6. The van der Waals surface area contributed by atoms with Crippen LogP contribution in [-0.2, 0) is 5.60 Å². The van der Waals surface area contributed by atoms with Gasteiger partial charge in [0.15, 0.2) is 0 Å². The van der Waals surface area contributed by atoms with Crippen LogP contribution in [0.2, 0.25) is 0 Å². The zero-order valence-corrected chi connectivity index (χ0v) is 10.2. The molecule has 16 heavy (non-hydrogen) atoms. The number of rotatable bonds is 2. The van der Waals surface area contributed by atoms with Crippen molar-refractivity contribution in [3.63, 3.8) is 0 Å². The topological polar surface area (TPSA) is 33.1 Å². The lowest BCUT2D eigenvalue weighted by Gasteiger charge is -2.36. The van der Waals surface area contributed by atoms with Crippen LogP contribution >= 0.6 is 0 Å². The maximum atomic E-state index is 10.6. The Labute approximate surface area is 97.7 Å². The van der Waals surface area contributed by atoms with Crippen molar-refractivity contribution in [3.05, 3.63) is 29.6 Å². The molecule has 1 heterocycles. The van der Waals surface area contributed by atoms with Crippen LogP contribution < -0.4 is 0 Å². The molecule has 1 aliphatic rings. The summed E-state index contributed by atoms with van der Waals surface area (Å²) in [6.07, 6.45) is 7.12. The Kier molecular flexibility index (Phi) is 3.29. The fraction of sp³-hybridized carbons (Fsp3) is 0.643. The lowest BCUT2D eigenvalue weighted by molar-refractivity contribution is -0.0148. The van der Waals surface area contributed by atoms with Crippen LogP contribution in [0, 0.1) is 12.8 Å². The summed E-state index contributed by atoms with van der Waals surface area (Å²) >= 11 is 0. The molecule has 0 saturated heterocycles. The summed E-state index contributed by atoms with van der Waals surface area (Å²) in [5.41, 5.74) is 1.38. The van der Waals surface area contributed by atoms with Gasteiger partial charge in [0.25, 0.3) is 0 Å². The van der Waals surface area contributed by atoms with Gasteiger partial charge in [0.1, 0.15) is 0 Å². The van der Waals surface area contributed by atoms with Crippen molar-refractivity contribution in [3.8, 4) is 0 Å². The Balaban J connectivity index is 2.11. The van der Waals surface area contributed by atoms with E-state index in [1.165, 1.54) is 6.42 Å². The summed E-state index contributed by atoms with van der Waals surface area (Å²) in [6.45, 7) is 4.21. The SMILES string of the molecule is CCC1CCC(O)(c2ccc(C)nc2)CC1. The average molecular weight is 219 g/mol. The molecule has 0 amide bonds. The quantitative estimate of drug-likeness (QED) is 0.828. The second-order valence-corrected chi connectivity index (χ2v) is 5.07. The van der Waals surface area contributed by atoms with Crippen LogP contribution in [0.3, 0.4) is 0 Å². The van der Waals surface area contributed by atoms with Crippen LogP contribution in [0.1, 0.15) is 50.3 Å². The minimum Gasteiger partial charge on any atom is -0.385 e. The van der Waals surface area contributed by atoms with Crippen molar-refractivity contribution in [2.24, 2.45) is 5.92 Å². The number of nitrogens with zero attached hydrogens (tertiary/aromatic N) is 1. The van der Waals surface area contributed by atoms with Gasteiger partial charge in [-0.25, -0.2) is 0 Å². The first kappa shape index (κ1) is 11.6. The molecule has 0 unspecified atom stereocenters. The van der Waals surface area contributed by atoms with E-state index in [1.807, 2.05) is 25.3 Å². The van der Waals surface area contributed by atoms with Gasteiger partial charge in [-0.2, -0.15) is 0 Å². The molecule has 1 saturated carbocycles. The summed E-state index contributed by atoms with van der Waals surface area (Å²) in [4.78, 5) is 4.28. The van der Waals surface area contributed by atoms with Crippen LogP contribution in [0.15, 0.2) is 18.3 Å². The Morgan fingerprint density at radius 1 is 1.38 bits per heavy atom. The first-order chi connectivity index (χ1) is 7.64. The average Bonchev–Trinajstić information content (AvgIpc) is 2.31. The third-order valence-corrected chi connectivity index (χ3v) is 3.96. The first-order valence-electron chi connectivity index (χ1n) is 6.29. The van der Waals surface area contributed by atoms with Gasteiger partial charge >= 0.3 is 0 Å². The molecule has 1 N–H and O–H groups in total. The molecule has 0 spiro atoms. The van der Waals surface area contributed by atoms with Gasteiger partial charge in [-0.15, -0.1) is 0 Å². The van der Waals surface area contributed by atoms with Gasteiger partial charge in [-0.1, -0.05) is 19.4 Å². The Hall–Kier alpha value is -0.890. The molecule has 88 valence electrons. The van der Waals surface area contributed by atoms with E-state index in [9.17, 15) is 5.11 Å². The molecule has 1 aliphatic carbocycles. The molecule has 0 aromatic carbocycles. The van der Waals surface area contributed by atoms with Crippen molar-refractivity contribution >= 4 is 0 Å². The highest BCUT2D eigenvalue weighted by atomic mass is 16.3. The summed E-state index contributed by atoms with van der Waals surface area (Å²) in [5.74, 6) is 0.804. The van der Waals surface area contributed by atoms with Crippen molar-refractivity contribution in [1.82, 2.24) is 4.98 Å². The third kappa shape index (κ3) is 2.27. The predicted octanol–water partition coefficient (Wildman–Crippen LogP) is 3.18. The standard InChI is InChI=1S/C14H21NO/c1-3-12-6-8-14(16,9-7-12)13-5-4-11(2)15-10-13/h4-5,10,12,16H,3,6-9H2,1-2H3. The van der Waals surface area contributed by atoms with E-state index in [0.717, 1.165) is 42.9 Å². The van der Waals surface area contributed by atoms with Gasteiger partial charge in [-0.3, -0.25) is 4.98 Å². The van der Waals surface area contributed by atoms with Crippen molar-refractivity contribution in [1.29, 1.82) is 0 Å². The van der Waals surface area contributed by atoms with Gasteiger partial charge in [0.05, 0.1) is 5.60 Å². The van der Waals surface area contributed by atoms with Crippen LogP contribution in [-0.4, -0.2) is 10.1 Å². The molecule has 0 atom stereocenters. The zero-order valence-electron chi connectivity index (χ0n) is 10.2. The Morgan fingerprint density at radius 2 is 2.06 bits per heavy atom. The number of pyridine rings is 1. The zero-order chi connectivity index (χ0) is 11.6. The molecular formula is C14H21NO. The van der Waals surface area contributed by atoms with Crippen molar-refractivity contribution < 1.29 is 5.11 Å². The molecular weight excluding hydrogens is 198 g/mol. The molecule has 0 radical (unpaired) electrons. The first-order valence-corrected chi connectivity index (χ1v) is 6.29. The summed E-state index contributed by atoms with van der Waals surface area (Å²) in [7, 11) is 0. The number of hydrogen-bond donors (Lipinski definition) is 1. The van der Waals surface area contributed by atoms with E-state index in [1.54, 1.807) is 0 Å². The maximum Gasteiger partial charge on any atom is 0.0911 e. The van der Waals surface area contributed by atoms with Gasteiger partial charge in [0.2, 0.25) is 0 Å². The highest BCUT2D eigenvalue weighted by Gasteiger charge is 2.34. The molecule has 2 heteroatoms. The van der Waals surface area contributed by atoms with Crippen LogP contribution in [0.4, 0.5) is 0 Å². The second kappa shape index (κ2) is 4.54. The number of aliphatic hydroxyl groups is 1. The highest BCUT2D eigenvalue weighted by Crippen LogP contribution is 2.40. The molecule has 1 fully saturated rings. The monoisotopic (exact) mass is 219 g/mol. The van der Waals surface area contributed by atoms with Gasteiger partial charge in [-0.05, 0) is 44.6 Å². The molecule has 0 aliphatic heterocycles. The summed E-state index contributed by atoms with van der Waals surface area (Å²) in [6, 6.07) is 4.01. The third-order valence-electron chi connectivity index (χ3n) is 3.96. The smallest absolute Gasteiger partial charge is 0.0911 e. The fourth-order valence-corrected chi connectivity index (χ4v) is 2.60. The predicted molar refractivity (Wildman–Crippen MR) is 65.1 cm³/mol. The maximum absolute atomic E-state index is 10.6. The van der Waals surface area contributed by atoms with E-state index >= 15 is 0 Å². The lowest BCUT2D eigenvalue weighted by Crippen LogP contribution is -2.31. The van der Waals surface area contributed by atoms with Crippen LogP contribution in [0.5, 0.6) is 0 Å². The number of aryl methyl sites for hydroxylation is 1. The summed E-state index contributed by atoms with van der Waals surface area (Å²) < 4.78 is 0. The Morgan fingerprint density at radius 3 is 2.56 bits per heavy atom. The van der Waals surface area contributed by atoms with Gasteiger partial charge in [0, 0.05) is 17.5 Å². The second-order valence-electron chi connectivity index (χ2n) is 5.07. The fourth-order valence-electron chi connectivity index (χ4n) is 2.60. The number of hydrogen-bond acceptors (Lipinski definition) is 2. The van der Waals surface area contributed by atoms with E-state index < -0.39 is 5.60 Å². The van der Waals surface area contributed by atoms with E-state index in [0.29, 0.717) is 0 Å². The molecule has 1 aromatic heterocycles. The lowest BCUT2D eigenvalue weighted by atomic mass is 9.75. The molecule has 1 aromatic rings. The largest absolute Gasteiger partial charge is 0.385 e. The van der Waals surface area contributed by atoms with Crippen molar-refractivity contribution in [2.75, 3.05) is 0 Å². The molecule has 0 bridgehead atoms. The Bertz CT molecular complexity index is 336. The normalized spacial score (nSPS) is 30.3. The van der Waals surface area contributed by atoms with Crippen LogP contribution in [0.25, 0.3) is 0 Å². The minimum atomic E-state index is -0.619. The molecule has 2 rings (SSSR count). The van der Waals surface area contributed by atoms with E-state index in [-0.39, 0.29) is 0 Å². The van der Waals surface area contributed by atoms with Crippen molar-refractivity contribution in [2.45, 2.75) is 51.6 Å².